The molecule has 0 unspecified atom stereocenters. The van der Waals surface area contributed by atoms with E-state index in [1.54, 1.807) is 10.4 Å². The molecule has 0 atom stereocenters. The van der Waals surface area contributed by atoms with Crippen LogP contribution in [0, 0.1) is 0 Å². The molecule has 118 valence electrons. The summed E-state index contributed by atoms with van der Waals surface area (Å²) in [6.07, 6.45) is 0. The zero-order valence-electron chi connectivity index (χ0n) is 14.0. The third-order valence-corrected chi connectivity index (χ3v) is 29.9. The van der Waals surface area contributed by atoms with E-state index in [9.17, 15) is 0 Å². The predicted octanol–water partition coefficient (Wildman–Crippen LogP) is 3.46. The van der Waals surface area contributed by atoms with Crippen LogP contribution in [0.4, 0.5) is 0 Å². The SMILES string of the molecule is C[Si](C)(C[Se][Se]C[Si](C)(C)c1ccccc1)c1ccccc1. The van der Waals surface area contributed by atoms with Crippen molar-refractivity contribution >= 4 is 52.8 Å². The van der Waals surface area contributed by atoms with Gasteiger partial charge in [-0.1, -0.05) is 0 Å². The standard InChI is InChI=1S/C18H26Se2Si2/c1-21(2,17-11-7-5-8-12-17)15-19-20-16-22(3,4)18-13-9-6-10-14-18/h5-14H,15-16H2,1-4H3. The Bertz CT molecular complexity index is 515. The van der Waals surface area contributed by atoms with E-state index in [4.69, 9.17) is 0 Å². The summed E-state index contributed by atoms with van der Waals surface area (Å²) in [5, 5.41) is 3.26. The second-order valence-corrected chi connectivity index (χ2v) is 26.1. The van der Waals surface area contributed by atoms with Gasteiger partial charge >= 0.3 is 150 Å². The molecule has 0 amide bonds. The van der Waals surface area contributed by atoms with Crippen molar-refractivity contribution in [3.8, 4) is 0 Å². The first-order chi connectivity index (χ1) is 10.4. The van der Waals surface area contributed by atoms with Gasteiger partial charge in [-0.15, -0.1) is 0 Å². The molecule has 4 heteroatoms. The van der Waals surface area contributed by atoms with E-state index >= 15 is 0 Å². The van der Waals surface area contributed by atoms with Gasteiger partial charge < -0.3 is 0 Å². The molecule has 2 aromatic carbocycles. The van der Waals surface area contributed by atoms with Crippen LogP contribution in [0.25, 0.3) is 0 Å². The average molecular weight is 456 g/mol. The van der Waals surface area contributed by atoms with E-state index in [2.05, 4.69) is 86.9 Å². The van der Waals surface area contributed by atoms with Gasteiger partial charge in [0.2, 0.25) is 0 Å². The first-order valence-corrected chi connectivity index (χ1v) is 20.9. The molecule has 22 heavy (non-hydrogen) atoms. The summed E-state index contributed by atoms with van der Waals surface area (Å²) < 4.78 is 0. The summed E-state index contributed by atoms with van der Waals surface area (Å²) in [4.78, 5) is 3.01. The summed E-state index contributed by atoms with van der Waals surface area (Å²) in [6.45, 7) is 10.2. The van der Waals surface area contributed by atoms with Crippen molar-refractivity contribution in [2.75, 3.05) is 0 Å². The summed E-state index contributed by atoms with van der Waals surface area (Å²) in [5.74, 6) is 0. The molecule has 0 nitrogen and oxygen atoms in total. The van der Waals surface area contributed by atoms with Gasteiger partial charge in [0, 0.05) is 0 Å². The molecule has 0 aliphatic heterocycles. The van der Waals surface area contributed by atoms with E-state index in [-0.39, 0.29) is 0 Å². The molecule has 0 saturated carbocycles. The van der Waals surface area contributed by atoms with Crippen LogP contribution in [-0.4, -0.2) is 42.4 Å². The van der Waals surface area contributed by atoms with E-state index in [0.29, 0.717) is 0 Å². The first kappa shape index (κ1) is 18.3. The fourth-order valence-corrected chi connectivity index (χ4v) is 37.2. The second kappa shape index (κ2) is 8.14. The van der Waals surface area contributed by atoms with Crippen LogP contribution in [0.2, 0.25) is 36.1 Å². The molecule has 0 aromatic heterocycles. The van der Waals surface area contributed by atoms with Crippen LogP contribution in [-0.2, 0) is 0 Å². The molecule has 0 bridgehead atoms. The van der Waals surface area contributed by atoms with E-state index < -0.39 is 16.1 Å². The van der Waals surface area contributed by atoms with Crippen LogP contribution >= 0.6 is 0 Å². The Hall–Kier alpha value is -0.0873. The Balaban J connectivity index is 1.84. The topological polar surface area (TPSA) is 0 Å². The number of hydrogen-bond donors (Lipinski definition) is 0. The molecule has 0 fully saturated rings. The van der Waals surface area contributed by atoms with Gasteiger partial charge in [0.1, 0.15) is 0 Å². The van der Waals surface area contributed by atoms with Gasteiger partial charge in [0.05, 0.1) is 0 Å². The van der Waals surface area contributed by atoms with Crippen LogP contribution in [0.5, 0.6) is 0 Å². The van der Waals surface area contributed by atoms with Gasteiger partial charge in [0.25, 0.3) is 0 Å². The zero-order valence-corrected chi connectivity index (χ0v) is 19.4. The fourth-order valence-electron chi connectivity index (χ4n) is 2.32. The number of benzene rings is 2. The van der Waals surface area contributed by atoms with Crippen molar-refractivity contribution in [3.05, 3.63) is 60.7 Å². The fraction of sp³-hybridized carbons (Fsp3) is 0.333. The van der Waals surface area contributed by atoms with Crippen molar-refractivity contribution < 1.29 is 0 Å². The van der Waals surface area contributed by atoms with Crippen molar-refractivity contribution in [1.29, 1.82) is 0 Å². The zero-order chi connectivity index (χ0) is 16.1. The monoisotopic (exact) mass is 458 g/mol. The molecule has 0 aliphatic rings. The Morgan fingerprint density at radius 3 is 1.23 bits per heavy atom. The molecule has 0 radical (unpaired) electrons. The molecule has 2 aromatic rings. The molecular formula is C18H26Se2Si2. The third kappa shape index (κ3) is 5.23. The van der Waals surface area contributed by atoms with Gasteiger partial charge in [0.15, 0.2) is 0 Å². The van der Waals surface area contributed by atoms with Crippen LogP contribution in [0.3, 0.4) is 0 Å². The Labute approximate surface area is 149 Å². The maximum absolute atomic E-state index is 2.54. The Kier molecular flexibility index (Phi) is 6.76. The van der Waals surface area contributed by atoms with Crippen molar-refractivity contribution in [2.24, 2.45) is 0 Å². The molecule has 0 N–H and O–H groups in total. The van der Waals surface area contributed by atoms with Crippen molar-refractivity contribution in [3.63, 3.8) is 0 Å². The van der Waals surface area contributed by atoms with Crippen molar-refractivity contribution in [2.45, 2.75) is 36.1 Å². The predicted molar refractivity (Wildman–Crippen MR) is 108 cm³/mol. The first-order valence-electron chi connectivity index (χ1n) is 7.77. The van der Waals surface area contributed by atoms with Gasteiger partial charge in [-0.25, -0.2) is 0 Å². The summed E-state index contributed by atoms with van der Waals surface area (Å²) in [5.41, 5.74) is 0. The molecule has 2 rings (SSSR count). The maximum atomic E-state index is 2.54. The molecule has 0 spiro atoms. The summed E-state index contributed by atoms with van der Waals surface area (Å²) in [6, 6.07) is 22.5. The van der Waals surface area contributed by atoms with Crippen molar-refractivity contribution in [1.82, 2.24) is 0 Å². The van der Waals surface area contributed by atoms with Crippen LogP contribution < -0.4 is 10.4 Å². The van der Waals surface area contributed by atoms with Gasteiger partial charge in [-0.05, 0) is 0 Å². The molecule has 0 heterocycles. The van der Waals surface area contributed by atoms with Gasteiger partial charge in [-0.3, -0.25) is 0 Å². The van der Waals surface area contributed by atoms with E-state index in [0.717, 1.165) is 26.3 Å². The minimum atomic E-state index is -1.20. The van der Waals surface area contributed by atoms with E-state index in [1.165, 1.54) is 9.89 Å². The number of hydrogen-bond acceptors (Lipinski definition) is 0. The molecular weight excluding hydrogens is 430 g/mol. The van der Waals surface area contributed by atoms with Crippen LogP contribution in [0.1, 0.15) is 0 Å². The third-order valence-electron chi connectivity index (χ3n) is 4.03. The average Bonchev–Trinajstić information content (AvgIpc) is 2.53. The molecule has 0 aliphatic carbocycles. The van der Waals surface area contributed by atoms with Gasteiger partial charge in [-0.2, -0.15) is 0 Å². The summed E-state index contributed by atoms with van der Waals surface area (Å²) >= 11 is 1.72. The quantitative estimate of drug-likeness (QED) is 0.442. The summed E-state index contributed by atoms with van der Waals surface area (Å²) in [7, 11) is -2.39. The van der Waals surface area contributed by atoms with Crippen LogP contribution in [0.15, 0.2) is 60.7 Å². The Morgan fingerprint density at radius 1 is 0.591 bits per heavy atom. The molecule has 0 saturated heterocycles. The normalized spacial score (nSPS) is 12.4. The number of rotatable bonds is 7. The minimum absolute atomic E-state index is 0.859. The second-order valence-electron chi connectivity index (χ2n) is 7.02. The Morgan fingerprint density at radius 2 is 0.909 bits per heavy atom. The van der Waals surface area contributed by atoms with E-state index in [1.807, 2.05) is 0 Å².